The van der Waals surface area contributed by atoms with Gasteiger partial charge in [-0.05, 0) is 31.0 Å². The molecule has 0 bridgehead atoms. The second-order valence-electron chi connectivity index (χ2n) is 4.21. The third-order valence-corrected chi connectivity index (χ3v) is 3.49. The molecule has 0 aliphatic heterocycles. The van der Waals surface area contributed by atoms with Gasteiger partial charge in [0.05, 0.1) is 0 Å². The molecular weight excluding hydrogens is 253 g/mol. The lowest BCUT2D eigenvalue weighted by Crippen LogP contribution is -2.38. The zero-order valence-corrected chi connectivity index (χ0v) is 10.2. The predicted molar refractivity (Wildman–Crippen MR) is 61.5 cm³/mol. The van der Waals surface area contributed by atoms with Crippen LogP contribution in [0.4, 0.5) is 13.2 Å². The Kier molecular flexibility index (Phi) is 5.58. The highest BCUT2D eigenvalue weighted by Gasteiger charge is 2.28. The number of hydrogen-bond donors (Lipinski definition) is 2. The molecule has 1 aliphatic carbocycles. The predicted octanol–water partition coefficient (Wildman–Crippen LogP) is 1.87. The van der Waals surface area contributed by atoms with E-state index in [4.69, 9.17) is 5.73 Å². The van der Waals surface area contributed by atoms with Gasteiger partial charge >= 0.3 is 5.51 Å². The van der Waals surface area contributed by atoms with Crippen LogP contribution >= 0.6 is 11.8 Å². The van der Waals surface area contributed by atoms with E-state index in [1.54, 1.807) is 0 Å². The molecule has 0 heterocycles. The van der Waals surface area contributed by atoms with Crippen molar-refractivity contribution < 1.29 is 18.0 Å². The highest BCUT2D eigenvalue weighted by atomic mass is 32.2. The van der Waals surface area contributed by atoms with Crippen LogP contribution in [0, 0.1) is 5.92 Å². The Morgan fingerprint density at radius 3 is 2.71 bits per heavy atom. The van der Waals surface area contributed by atoms with E-state index < -0.39 is 5.51 Å². The lowest BCUT2D eigenvalue weighted by molar-refractivity contribution is -0.126. The Morgan fingerprint density at radius 2 is 2.12 bits per heavy atom. The van der Waals surface area contributed by atoms with Crippen molar-refractivity contribution in [2.24, 2.45) is 11.7 Å². The summed E-state index contributed by atoms with van der Waals surface area (Å²) in [6.07, 6.45) is 3.26. The first kappa shape index (κ1) is 14.6. The summed E-state index contributed by atoms with van der Waals surface area (Å²) in [7, 11) is 0. The van der Waals surface area contributed by atoms with Gasteiger partial charge in [0.15, 0.2) is 0 Å². The molecule has 1 rings (SSSR count). The lowest BCUT2D eigenvalue weighted by atomic mass is 9.85. The van der Waals surface area contributed by atoms with Crippen LogP contribution in [-0.4, -0.2) is 29.8 Å². The molecule has 100 valence electrons. The van der Waals surface area contributed by atoms with E-state index in [1.807, 2.05) is 0 Å². The summed E-state index contributed by atoms with van der Waals surface area (Å²) >= 11 is -0.117. The fourth-order valence-electron chi connectivity index (χ4n) is 1.95. The average Bonchev–Trinajstić information content (AvgIpc) is 2.23. The van der Waals surface area contributed by atoms with E-state index in [2.05, 4.69) is 5.32 Å². The first-order valence-electron chi connectivity index (χ1n) is 5.62. The van der Waals surface area contributed by atoms with Crippen molar-refractivity contribution in [3.8, 4) is 0 Å². The quantitative estimate of drug-likeness (QED) is 0.767. The van der Waals surface area contributed by atoms with Gasteiger partial charge in [-0.3, -0.25) is 4.79 Å². The minimum absolute atomic E-state index is 0.0454. The molecule has 1 aliphatic rings. The summed E-state index contributed by atoms with van der Waals surface area (Å²) in [4.78, 5) is 11.6. The number of thioether (sulfide) groups is 1. The maximum Gasteiger partial charge on any atom is 0.441 e. The molecule has 2 unspecified atom stereocenters. The van der Waals surface area contributed by atoms with E-state index >= 15 is 0 Å². The summed E-state index contributed by atoms with van der Waals surface area (Å²) < 4.78 is 35.5. The van der Waals surface area contributed by atoms with Crippen LogP contribution in [0.3, 0.4) is 0 Å². The molecule has 0 saturated heterocycles. The van der Waals surface area contributed by atoms with Crippen LogP contribution in [-0.2, 0) is 4.79 Å². The smallest absolute Gasteiger partial charge is 0.355 e. The molecular formula is C10H17F3N2OS. The van der Waals surface area contributed by atoms with Crippen molar-refractivity contribution in [1.29, 1.82) is 0 Å². The highest BCUT2D eigenvalue weighted by Crippen LogP contribution is 2.29. The Balaban J connectivity index is 2.16. The summed E-state index contributed by atoms with van der Waals surface area (Å²) in [5.41, 5.74) is 1.52. The Morgan fingerprint density at radius 1 is 1.41 bits per heavy atom. The van der Waals surface area contributed by atoms with Crippen molar-refractivity contribution in [1.82, 2.24) is 5.32 Å². The van der Waals surface area contributed by atoms with Crippen molar-refractivity contribution in [3.05, 3.63) is 0 Å². The normalized spacial score (nSPS) is 25.6. The van der Waals surface area contributed by atoms with Crippen LogP contribution in [0.5, 0.6) is 0 Å². The van der Waals surface area contributed by atoms with Gasteiger partial charge in [-0.2, -0.15) is 13.2 Å². The van der Waals surface area contributed by atoms with Gasteiger partial charge < -0.3 is 11.1 Å². The third kappa shape index (κ3) is 6.16. The summed E-state index contributed by atoms with van der Waals surface area (Å²) in [5, 5.41) is 2.53. The standard InChI is InChI=1S/C10H17F3N2OS/c11-10(12,13)17-5-4-15-9(16)7-2-1-3-8(14)6-7/h7-8H,1-6,14H2,(H,15,16). The number of amides is 1. The molecule has 0 spiro atoms. The number of rotatable bonds is 4. The van der Waals surface area contributed by atoms with Crippen LogP contribution < -0.4 is 11.1 Å². The lowest BCUT2D eigenvalue weighted by Gasteiger charge is -2.25. The molecule has 17 heavy (non-hydrogen) atoms. The maximum atomic E-state index is 11.8. The fraction of sp³-hybridized carbons (Fsp3) is 0.900. The van der Waals surface area contributed by atoms with E-state index in [1.165, 1.54) is 0 Å². The van der Waals surface area contributed by atoms with Crippen molar-refractivity contribution in [3.63, 3.8) is 0 Å². The number of nitrogens with two attached hydrogens (primary N) is 1. The van der Waals surface area contributed by atoms with Gasteiger partial charge in [0.25, 0.3) is 0 Å². The fourth-order valence-corrected chi connectivity index (χ4v) is 2.39. The second-order valence-corrected chi connectivity index (χ2v) is 5.37. The summed E-state index contributed by atoms with van der Waals surface area (Å²) in [5.74, 6) is -0.439. The number of nitrogens with one attached hydrogen (secondary N) is 1. The molecule has 3 nitrogen and oxygen atoms in total. The first-order chi connectivity index (χ1) is 7.88. The Bertz CT molecular complexity index is 260. The van der Waals surface area contributed by atoms with Crippen LogP contribution in [0.2, 0.25) is 0 Å². The number of carbonyl (C=O) groups excluding carboxylic acids is 1. The molecule has 0 radical (unpaired) electrons. The van der Waals surface area contributed by atoms with E-state index in [0.29, 0.717) is 6.42 Å². The highest BCUT2D eigenvalue weighted by molar-refractivity contribution is 8.00. The number of alkyl halides is 3. The minimum atomic E-state index is -4.22. The van der Waals surface area contributed by atoms with Crippen LogP contribution in [0.1, 0.15) is 25.7 Å². The van der Waals surface area contributed by atoms with E-state index in [-0.39, 0.29) is 41.9 Å². The molecule has 7 heteroatoms. The molecule has 3 N–H and O–H groups in total. The Hall–Kier alpha value is -0.430. The van der Waals surface area contributed by atoms with Gasteiger partial charge in [-0.25, -0.2) is 0 Å². The number of hydrogen-bond acceptors (Lipinski definition) is 3. The van der Waals surface area contributed by atoms with Crippen molar-refractivity contribution in [2.75, 3.05) is 12.3 Å². The molecule has 0 aromatic carbocycles. The van der Waals surface area contributed by atoms with Gasteiger partial charge in [-0.15, -0.1) is 0 Å². The second kappa shape index (κ2) is 6.49. The largest absolute Gasteiger partial charge is 0.441 e. The first-order valence-corrected chi connectivity index (χ1v) is 6.61. The van der Waals surface area contributed by atoms with Gasteiger partial charge in [0.2, 0.25) is 5.91 Å². The molecule has 2 atom stereocenters. The molecule has 1 fully saturated rings. The monoisotopic (exact) mass is 270 g/mol. The SMILES string of the molecule is NC1CCCC(C(=O)NCCSC(F)(F)F)C1. The summed E-state index contributed by atoms with van der Waals surface area (Å²) in [6.45, 7) is 0.0503. The zero-order valence-electron chi connectivity index (χ0n) is 9.43. The zero-order chi connectivity index (χ0) is 12.9. The third-order valence-electron chi connectivity index (χ3n) is 2.75. The van der Waals surface area contributed by atoms with E-state index in [9.17, 15) is 18.0 Å². The molecule has 1 amide bonds. The maximum absolute atomic E-state index is 11.8. The molecule has 0 aromatic rings. The van der Waals surface area contributed by atoms with Gasteiger partial charge in [-0.1, -0.05) is 6.42 Å². The van der Waals surface area contributed by atoms with Crippen LogP contribution in [0.15, 0.2) is 0 Å². The van der Waals surface area contributed by atoms with Gasteiger partial charge in [0.1, 0.15) is 0 Å². The topological polar surface area (TPSA) is 55.1 Å². The van der Waals surface area contributed by atoms with Crippen LogP contribution in [0.25, 0.3) is 0 Å². The average molecular weight is 270 g/mol. The summed E-state index contributed by atoms with van der Waals surface area (Å²) in [6, 6.07) is 0.0454. The van der Waals surface area contributed by atoms with Crippen molar-refractivity contribution in [2.45, 2.75) is 37.2 Å². The minimum Gasteiger partial charge on any atom is -0.355 e. The van der Waals surface area contributed by atoms with E-state index in [0.717, 1.165) is 19.3 Å². The number of halogens is 3. The Labute approximate surface area is 103 Å². The molecule has 1 saturated carbocycles. The van der Waals surface area contributed by atoms with Gasteiger partial charge in [0, 0.05) is 24.3 Å². The van der Waals surface area contributed by atoms with Crippen molar-refractivity contribution >= 4 is 17.7 Å². The number of carbonyl (C=O) groups is 1. The molecule has 0 aromatic heterocycles.